The van der Waals surface area contributed by atoms with Gasteiger partial charge in [-0.2, -0.15) is 0 Å². The summed E-state index contributed by atoms with van der Waals surface area (Å²) in [4.78, 5) is 26.1. The van der Waals surface area contributed by atoms with Crippen LogP contribution in [-0.4, -0.2) is 32.6 Å². The molecule has 26 heavy (non-hydrogen) atoms. The molecular weight excluding hydrogens is 332 g/mol. The number of carbonyl (C=O) groups excluding carboxylic acids is 2. The van der Waals surface area contributed by atoms with Gasteiger partial charge in [0.15, 0.2) is 11.5 Å². The first-order valence-electron chi connectivity index (χ1n) is 8.52. The van der Waals surface area contributed by atoms with E-state index in [1.807, 2.05) is 24.3 Å². The van der Waals surface area contributed by atoms with Crippen molar-refractivity contribution in [2.45, 2.75) is 19.4 Å². The first-order valence-corrected chi connectivity index (χ1v) is 8.52. The summed E-state index contributed by atoms with van der Waals surface area (Å²) in [5.74, 6) is 0.853. The molecule has 1 fully saturated rings. The molecule has 0 spiro atoms. The minimum atomic E-state index is -0.237. The smallest absolute Gasteiger partial charge is 0.255 e. The van der Waals surface area contributed by atoms with Crippen LogP contribution in [-0.2, 0) is 11.3 Å². The van der Waals surface area contributed by atoms with E-state index in [-0.39, 0.29) is 11.8 Å². The van der Waals surface area contributed by atoms with Crippen molar-refractivity contribution in [1.29, 1.82) is 0 Å². The number of benzene rings is 2. The molecule has 2 aromatic rings. The van der Waals surface area contributed by atoms with E-state index in [1.165, 1.54) is 14.2 Å². The van der Waals surface area contributed by atoms with Crippen molar-refractivity contribution in [3.63, 3.8) is 0 Å². The Labute approximate surface area is 152 Å². The first kappa shape index (κ1) is 17.8. The zero-order valence-electron chi connectivity index (χ0n) is 15.0. The van der Waals surface area contributed by atoms with E-state index in [4.69, 9.17) is 9.47 Å². The molecule has 1 aliphatic heterocycles. The molecule has 0 aromatic heterocycles. The summed E-state index contributed by atoms with van der Waals surface area (Å²) in [7, 11) is 3.04. The highest BCUT2D eigenvalue weighted by Crippen LogP contribution is 2.30. The van der Waals surface area contributed by atoms with Crippen molar-refractivity contribution in [1.82, 2.24) is 5.32 Å². The fourth-order valence-electron chi connectivity index (χ4n) is 3.06. The van der Waals surface area contributed by atoms with Gasteiger partial charge in [-0.1, -0.05) is 18.2 Å². The Morgan fingerprint density at radius 1 is 1.12 bits per heavy atom. The highest BCUT2D eigenvalue weighted by Gasteiger charge is 2.21. The summed E-state index contributed by atoms with van der Waals surface area (Å²) in [6.07, 6.45) is 1.51. The quantitative estimate of drug-likeness (QED) is 0.866. The van der Waals surface area contributed by atoms with Gasteiger partial charge < -0.3 is 19.7 Å². The second-order valence-electron chi connectivity index (χ2n) is 6.04. The van der Waals surface area contributed by atoms with Crippen LogP contribution in [0.5, 0.6) is 11.5 Å². The number of hydrogen-bond donors (Lipinski definition) is 1. The van der Waals surface area contributed by atoms with E-state index in [2.05, 4.69) is 5.32 Å². The summed E-state index contributed by atoms with van der Waals surface area (Å²) in [5.41, 5.74) is 2.28. The van der Waals surface area contributed by atoms with Crippen molar-refractivity contribution >= 4 is 17.5 Å². The molecule has 1 N–H and O–H groups in total. The normalized spacial score (nSPS) is 13.6. The largest absolute Gasteiger partial charge is 0.493 e. The van der Waals surface area contributed by atoms with Crippen LogP contribution in [0.2, 0.25) is 0 Å². The molecule has 3 rings (SSSR count). The van der Waals surface area contributed by atoms with E-state index in [0.29, 0.717) is 30.0 Å². The SMILES string of the molecule is COc1cccc(C(=O)NCc2ccc(N3CCCC3=O)cc2)c1OC. The average molecular weight is 354 g/mol. The van der Waals surface area contributed by atoms with Crippen LogP contribution >= 0.6 is 0 Å². The molecule has 1 aliphatic rings. The van der Waals surface area contributed by atoms with Gasteiger partial charge in [-0.3, -0.25) is 9.59 Å². The van der Waals surface area contributed by atoms with E-state index in [1.54, 1.807) is 23.1 Å². The Hall–Kier alpha value is -3.02. The summed E-state index contributed by atoms with van der Waals surface area (Å²) < 4.78 is 10.5. The highest BCUT2D eigenvalue weighted by atomic mass is 16.5. The molecular formula is C20H22N2O4. The predicted molar refractivity (Wildman–Crippen MR) is 98.7 cm³/mol. The lowest BCUT2D eigenvalue weighted by atomic mass is 10.1. The third-order valence-electron chi connectivity index (χ3n) is 4.42. The van der Waals surface area contributed by atoms with Gasteiger partial charge in [0.2, 0.25) is 5.91 Å². The van der Waals surface area contributed by atoms with Gasteiger partial charge in [0.05, 0.1) is 19.8 Å². The van der Waals surface area contributed by atoms with Crippen LogP contribution in [0, 0.1) is 0 Å². The highest BCUT2D eigenvalue weighted by molar-refractivity contribution is 5.98. The molecule has 0 radical (unpaired) electrons. The number of anilines is 1. The number of hydrogen-bond acceptors (Lipinski definition) is 4. The molecule has 0 aliphatic carbocycles. The minimum absolute atomic E-state index is 0.163. The Bertz CT molecular complexity index is 802. The van der Waals surface area contributed by atoms with Gasteiger partial charge >= 0.3 is 0 Å². The summed E-state index contributed by atoms with van der Waals surface area (Å²) in [6.45, 7) is 1.15. The standard InChI is InChI=1S/C20H22N2O4/c1-25-17-6-3-5-16(19(17)26-2)20(24)21-13-14-8-10-15(11-9-14)22-12-4-7-18(22)23/h3,5-6,8-11H,4,7,12-13H2,1-2H3,(H,21,24). The van der Waals surface area contributed by atoms with Crippen LogP contribution in [0.15, 0.2) is 42.5 Å². The molecule has 1 heterocycles. The number of nitrogens with one attached hydrogen (secondary N) is 1. The zero-order chi connectivity index (χ0) is 18.5. The zero-order valence-corrected chi connectivity index (χ0v) is 15.0. The number of carbonyl (C=O) groups is 2. The summed E-state index contributed by atoms with van der Waals surface area (Å²) in [6, 6.07) is 12.9. The molecule has 2 amide bonds. The lowest BCUT2D eigenvalue weighted by Crippen LogP contribution is -2.24. The van der Waals surface area contributed by atoms with Gasteiger partial charge in [-0.25, -0.2) is 0 Å². The molecule has 6 nitrogen and oxygen atoms in total. The monoisotopic (exact) mass is 354 g/mol. The lowest BCUT2D eigenvalue weighted by molar-refractivity contribution is -0.117. The Balaban J connectivity index is 1.66. The fourth-order valence-corrected chi connectivity index (χ4v) is 3.06. The Kier molecular flexibility index (Phi) is 5.41. The molecule has 136 valence electrons. The van der Waals surface area contributed by atoms with Gasteiger partial charge in [-0.15, -0.1) is 0 Å². The van der Waals surface area contributed by atoms with Gasteiger partial charge in [0.1, 0.15) is 0 Å². The fraction of sp³-hybridized carbons (Fsp3) is 0.300. The topological polar surface area (TPSA) is 67.9 Å². The molecule has 0 bridgehead atoms. The molecule has 1 saturated heterocycles. The average Bonchev–Trinajstić information content (AvgIpc) is 3.11. The number of ether oxygens (including phenoxy) is 2. The maximum atomic E-state index is 12.5. The van der Waals surface area contributed by atoms with Crippen LogP contribution in [0.3, 0.4) is 0 Å². The molecule has 0 atom stereocenters. The van der Waals surface area contributed by atoms with E-state index in [0.717, 1.165) is 24.2 Å². The minimum Gasteiger partial charge on any atom is -0.493 e. The van der Waals surface area contributed by atoms with E-state index >= 15 is 0 Å². The second-order valence-corrected chi connectivity index (χ2v) is 6.04. The predicted octanol–water partition coefficient (Wildman–Crippen LogP) is 2.76. The maximum absolute atomic E-state index is 12.5. The summed E-state index contributed by atoms with van der Waals surface area (Å²) in [5, 5.41) is 2.88. The Morgan fingerprint density at radius 2 is 1.88 bits per heavy atom. The number of amides is 2. The maximum Gasteiger partial charge on any atom is 0.255 e. The summed E-state index contributed by atoms with van der Waals surface area (Å²) >= 11 is 0. The van der Waals surface area contributed by atoms with Crippen LogP contribution in [0.4, 0.5) is 5.69 Å². The molecule has 2 aromatic carbocycles. The van der Waals surface area contributed by atoms with Gasteiger partial charge in [0, 0.05) is 25.2 Å². The van der Waals surface area contributed by atoms with E-state index < -0.39 is 0 Å². The Morgan fingerprint density at radius 3 is 2.50 bits per heavy atom. The van der Waals surface area contributed by atoms with Crippen LogP contribution in [0.25, 0.3) is 0 Å². The lowest BCUT2D eigenvalue weighted by Gasteiger charge is -2.16. The first-order chi connectivity index (χ1) is 12.6. The van der Waals surface area contributed by atoms with Crippen molar-refractivity contribution < 1.29 is 19.1 Å². The third-order valence-corrected chi connectivity index (χ3v) is 4.42. The number of nitrogens with zero attached hydrogens (tertiary/aromatic N) is 1. The van der Waals surface area contributed by atoms with E-state index in [9.17, 15) is 9.59 Å². The number of methoxy groups -OCH3 is 2. The van der Waals surface area contributed by atoms with Crippen LogP contribution < -0.4 is 19.7 Å². The van der Waals surface area contributed by atoms with Crippen LogP contribution in [0.1, 0.15) is 28.8 Å². The molecule has 0 unspecified atom stereocenters. The third kappa shape index (κ3) is 3.64. The van der Waals surface area contributed by atoms with Crippen molar-refractivity contribution in [2.75, 3.05) is 25.7 Å². The molecule has 0 saturated carbocycles. The van der Waals surface area contributed by atoms with Crippen molar-refractivity contribution in [3.05, 3.63) is 53.6 Å². The number of rotatable bonds is 6. The van der Waals surface area contributed by atoms with Gasteiger partial charge in [0.25, 0.3) is 5.91 Å². The van der Waals surface area contributed by atoms with Crippen molar-refractivity contribution in [3.8, 4) is 11.5 Å². The van der Waals surface area contributed by atoms with Gasteiger partial charge in [-0.05, 0) is 36.2 Å². The van der Waals surface area contributed by atoms with Crippen molar-refractivity contribution in [2.24, 2.45) is 0 Å². The molecule has 6 heteroatoms. The number of para-hydroxylation sites is 1. The second kappa shape index (κ2) is 7.91.